The molecule has 0 saturated heterocycles. The van der Waals surface area contributed by atoms with Crippen LogP contribution in [-0.2, 0) is 0 Å². The van der Waals surface area contributed by atoms with Crippen molar-refractivity contribution in [3.8, 4) is 27.6 Å². The van der Waals surface area contributed by atoms with Crippen LogP contribution in [0.1, 0.15) is 17.3 Å². The molecule has 1 amide bonds. The zero-order valence-electron chi connectivity index (χ0n) is 18.4. The number of ether oxygens (including phenoxy) is 1. The molecule has 1 N–H and O–H groups in total. The maximum absolute atomic E-state index is 14.3. The van der Waals surface area contributed by atoms with Crippen LogP contribution in [0.4, 0.5) is 10.1 Å². The molecular weight excluding hydrogens is 447 g/mol. The zero-order valence-corrected chi connectivity index (χ0v) is 19.2. The number of aromatic nitrogens is 1. The lowest BCUT2D eigenvalue weighted by molar-refractivity contribution is 0.102. The Balaban J connectivity index is 1.52. The highest BCUT2D eigenvalue weighted by Gasteiger charge is 2.19. The molecule has 0 spiro atoms. The number of carbonyl (C=O) groups excluding carboxylic acids is 1. The van der Waals surface area contributed by atoms with Gasteiger partial charge in [-0.15, -0.1) is 11.3 Å². The first-order valence-corrected chi connectivity index (χ1v) is 11.8. The number of carbonyl (C=O) groups is 1. The van der Waals surface area contributed by atoms with E-state index in [9.17, 15) is 9.18 Å². The first kappa shape index (κ1) is 21.8. The summed E-state index contributed by atoms with van der Waals surface area (Å²) in [5.41, 5.74) is 2.99. The molecule has 5 aromatic rings. The van der Waals surface area contributed by atoms with Gasteiger partial charge in [-0.25, -0.2) is 9.37 Å². The molecule has 0 bridgehead atoms. The van der Waals surface area contributed by atoms with Gasteiger partial charge < -0.3 is 10.1 Å². The predicted molar refractivity (Wildman–Crippen MR) is 136 cm³/mol. The van der Waals surface area contributed by atoms with Gasteiger partial charge in [0.25, 0.3) is 5.91 Å². The van der Waals surface area contributed by atoms with Gasteiger partial charge in [0, 0.05) is 16.5 Å². The molecule has 5 rings (SSSR count). The average molecular weight is 469 g/mol. The maximum atomic E-state index is 14.3. The number of hydrogen-bond donors (Lipinski definition) is 1. The van der Waals surface area contributed by atoms with Gasteiger partial charge in [0.15, 0.2) is 0 Å². The summed E-state index contributed by atoms with van der Waals surface area (Å²) in [6, 6.07) is 25.5. The summed E-state index contributed by atoms with van der Waals surface area (Å²) in [5.74, 6) is -0.0478. The van der Waals surface area contributed by atoms with Gasteiger partial charge in [-0.3, -0.25) is 4.79 Å². The number of nitrogens with zero attached hydrogens (tertiary/aromatic N) is 1. The van der Waals surface area contributed by atoms with Crippen molar-refractivity contribution >= 4 is 33.7 Å². The highest BCUT2D eigenvalue weighted by molar-refractivity contribution is 7.13. The maximum Gasteiger partial charge on any atom is 0.260 e. The van der Waals surface area contributed by atoms with Crippen molar-refractivity contribution in [1.82, 2.24) is 4.98 Å². The molecule has 4 nitrogen and oxygen atoms in total. The highest BCUT2D eigenvalue weighted by atomic mass is 32.1. The zero-order chi connectivity index (χ0) is 23.5. The second-order valence-electron chi connectivity index (χ2n) is 7.61. The Kier molecular flexibility index (Phi) is 6.06. The van der Waals surface area contributed by atoms with Crippen LogP contribution in [0, 0.1) is 5.82 Å². The second kappa shape index (κ2) is 9.45. The summed E-state index contributed by atoms with van der Waals surface area (Å²) in [6.45, 7) is 2.34. The van der Waals surface area contributed by atoms with Crippen molar-refractivity contribution in [2.24, 2.45) is 0 Å². The summed E-state index contributed by atoms with van der Waals surface area (Å²) in [5, 5.41) is 7.28. The molecule has 0 aliphatic rings. The smallest absolute Gasteiger partial charge is 0.260 e. The molecule has 34 heavy (non-hydrogen) atoms. The molecular formula is C28H21FN2O2S. The fourth-order valence-electron chi connectivity index (χ4n) is 3.92. The lowest BCUT2D eigenvalue weighted by atomic mass is 10.0. The van der Waals surface area contributed by atoms with E-state index in [0.29, 0.717) is 39.9 Å². The Labute approximate surface area is 200 Å². The van der Waals surface area contributed by atoms with Crippen molar-refractivity contribution in [1.29, 1.82) is 0 Å². The standard InChI is InChI=1S/C28H21FN2O2S/c1-2-33-25-16-15-18-9-3-4-10-19(18)26(25)27(32)30-23-14-8-6-12-21(23)24-17-34-28(31-24)20-11-5-7-13-22(20)29/h3-17H,2H2,1H3,(H,30,32). The first-order chi connectivity index (χ1) is 16.7. The van der Waals surface area contributed by atoms with E-state index in [1.54, 1.807) is 18.2 Å². The molecule has 168 valence electrons. The van der Waals surface area contributed by atoms with E-state index < -0.39 is 0 Å². The van der Waals surface area contributed by atoms with Crippen LogP contribution in [-0.4, -0.2) is 17.5 Å². The third-order valence-corrected chi connectivity index (χ3v) is 6.35. The molecule has 1 aromatic heterocycles. The fraction of sp³-hybridized carbons (Fsp3) is 0.0714. The average Bonchev–Trinajstić information content (AvgIpc) is 3.34. The lowest BCUT2D eigenvalue weighted by Crippen LogP contribution is -2.15. The van der Waals surface area contributed by atoms with Gasteiger partial charge >= 0.3 is 0 Å². The van der Waals surface area contributed by atoms with Crippen molar-refractivity contribution in [2.75, 3.05) is 11.9 Å². The van der Waals surface area contributed by atoms with Gasteiger partial charge in [0.2, 0.25) is 0 Å². The largest absolute Gasteiger partial charge is 0.493 e. The molecule has 6 heteroatoms. The number of halogens is 1. The molecule has 4 aromatic carbocycles. The van der Waals surface area contributed by atoms with Crippen LogP contribution in [0.15, 0.2) is 90.3 Å². The Morgan fingerprint density at radius 1 is 0.941 bits per heavy atom. The Bertz CT molecular complexity index is 1500. The van der Waals surface area contributed by atoms with E-state index in [2.05, 4.69) is 10.3 Å². The lowest BCUT2D eigenvalue weighted by Gasteiger charge is -2.15. The van der Waals surface area contributed by atoms with E-state index in [1.165, 1.54) is 17.4 Å². The molecule has 0 atom stereocenters. The first-order valence-electron chi connectivity index (χ1n) is 10.9. The monoisotopic (exact) mass is 468 g/mol. The summed E-state index contributed by atoms with van der Waals surface area (Å²) in [6.07, 6.45) is 0. The van der Waals surface area contributed by atoms with Gasteiger partial charge in [0.1, 0.15) is 16.6 Å². The van der Waals surface area contributed by atoms with E-state index in [0.717, 1.165) is 16.3 Å². The summed E-state index contributed by atoms with van der Waals surface area (Å²) in [7, 11) is 0. The number of anilines is 1. The Morgan fingerprint density at radius 3 is 2.50 bits per heavy atom. The SMILES string of the molecule is CCOc1ccc2ccccc2c1C(=O)Nc1ccccc1-c1csc(-c2ccccc2F)n1. The quantitative estimate of drug-likeness (QED) is 0.282. The van der Waals surface area contributed by atoms with Gasteiger partial charge in [0.05, 0.1) is 23.6 Å². The molecule has 0 aliphatic carbocycles. The van der Waals surface area contributed by atoms with Crippen LogP contribution in [0.5, 0.6) is 5.75 Å². The molecule has 0 saturated carbocycles. The number of thiazole rings is 1. The third kappa shape index (κ3) is 4.16. The van der Waals surface area contributed by atoms with E-state index in [-0.39, 0.29) is 11.7 Å². The Morgan fingerprint density at radius 2 is 1.68 bits per heavy atom. The third-order valence-electron chi connectivity index (χ3n) is 5.48. The molecule has 0 fully saturated rings. The van der Waals surface area contributed by atoms with Crippen LogP contribution in [0.3, 0.4) is 0 Å². The highest BCUT2D eigenvalue weighted by Crippen LogP contribution is 2.35. The van der Waals surface area contributed by atoms with Crippen LogP contribution in [0.25, 0.3) is 32.6 Å². The second-order valence-corrected chi connectivity index (χ2v) is 8.47. The van der Waals surface area contributed by atoms with Gasteiger partial charge in [-0.1, -0.05) is 60.7 Å². The summed E-state index contributed by atoms with van der Waals surface area (Å²) >= 11 is 1.36. The number of amides is 1. The van der Waals surface area contributed by atoms with Crippen molar-refractivity contribution in [3.05, 3.63) is 102 Å². The number of para-hydroxylation sites is 1. The van der Waals surface area contributed by atoms with E-state index >= 15 is 0 Å². The van der Waals surface area contributed by atoms with Gasteiger partial charge in [-0.05, 0) is 42.0 Å². The Hall–Kier alpha value is -4.03. The topological polar surface area (TPSA) is 51.2 Å². The summed E-state index contributed by atoms with van der Waals surface area (Å²) < 4.78 is 20.0. The van der Waals surface area contributed by atoms with E-state index in [1.807, 2.05) is 73.0 Å². The normalized spacial score (nSPS) is 10.9. The molecule has 0 unspecified atom stereocenters. The minimum Gasteiger partial charge on any atom is -0.493 e. The van der Waals surface area contributed by atoms with Crippen molar-refractivity contribution in [2.45, 2.75) is 6.92 Å². The van der Waals surface area contributed by atoms with Crippen LogP contribution < -0.4 is 10.1 Å². The predicted octanol–water partition coefficient (Wildman–Crippen LogP) is 7.42. The molecule has 1 heterocycles. The number of benzene rings is 4. The van der Waals surface area contributed by atoms with E-state index in [4.69, 9.17) is 4.74 Å². The number of fused-ring (bicyclic) bond motifs is 1. The van der Waals surface area contributed by atoms with Crippen molar-refractivity contribution in [3.63, 3.8) is 0 Å². The van der Waals surface area contributed by atoms with Crippen LogP contribution in [0.2, 0.25) is 0 Å². The number of hydrogen-bond acceptors (Lipinski definition) is 4. The number of rotatable bonds is 6. The number of nitrogens with one attached hydrogen (secondary N) is 1. The molecule has 0 radical (unpaired) electrons. The molecule has 0 aliphatic heterocycles. The van der Waals surface area contributed by atoms with Crippen LogP contribution >= 0.6 is 11.3 Å². The van der Waals surface area contributed by atoms with Crippen molar-refractivity contribution < 1.29 is 13.9 Å². The minimum atomic E-state index is -0.315. The van der Waals surface area contributed by atoms with Gasteiger partial charge in [-0.2, -0.15) is 0 Å². The fourth-order valence-corrected chi connectivity index (χ4v) is 4.76. The minimum absolute atomic E-state index is 0.266. The summed E-state index contributed by atoms with van der Waals surface area (Å²) in [4.78, 5) is 18.2.